The number of halogens is 1. The zero-order chi connectivity index (χ0) is 63.0. The first-order valence-corrected chi connectivity index (χ1v) is 33.0. The molecule has 1 aliphatic carbocycles. The third kappa shape index (κ3) is 83.2. The van der Waals surface area contributed by atoms with Crippen LogP contribution in [0, 0.1) is 12.8 Å². The number of isocyanates is 1. The molecular weight excluding hydrogens is 1060 g/mol. The largest absolute Gasteiger partial charge is 0.462 e. The average molecular weight is 1190 g/mol. The Labute approximate surface area is 517 Å². The van der Waals surface area contributed by atoms with Crippen LogP contribution in [0.25, 0.3) is 6.08 Å². The fourth-order valence-electron chi connectivity index (χ4n) is 6.19. The molecule has 2 aliphatic heterocycles. The first-order chi connectivity index (χ1) is 39.8. The number of unbranched alkanes of at least 4 members (excludes halogenated alkanes) is 8. The van der Waals surface area contributed by atoms with Gasteiger partial charge in [0.15, 0.2) is 0 Å². The number of aliphatic imine (C=N–C) groups is 1. The zero-order valence-electron chi connectivity index (χ0n) is 55.0. The second-order valence-corrected chi connectivity index (χ2v) is 20.8. The van der Waals surface area contributed by atoms with Crippen LogP contribution in [0.3, 0.4) is 0 Å². The fraction of sp³-hybridized carbons (Fsp3) is 0.710. The van der Waals surface area contributed by atoms with Crippen molar-refractivity contribution in [3.8, 4) is 0 Å². The molecule has 3 fully saturated rings. The van der Waals surface area contributed by atoms with E-state index >= 15 is 0 Å². The predicted octanol–water partition coefficient (Wildman–Crippen LogP) is 18.1. The maximum Gasteiger partial charge on any atom is 0.333 e. The molecule has 6 N–H and O–H groups in total. The monoisotopic (exact) mass is 1190 g/mol. The molecule has 0 amide bonds. The topological polar surface area (TPSA) is 166 Å². The highest BCUT2D eigenvalue weighted by Crippen LogP contribution is 2.40. The van der Waals surface area contributed by atoms with E-state index in [-0.39, 0.29) is 5.97 Å². The molecule has 0 aromatic heterocycles. The number of epoxide rings is 2. The van der Waals surface area contributed by atoms with Gasteiger partial charge in [0.25, 0.3) is 0 Å². The number of hydrogen-bond donors (Lipinski definition) is 5. The van der Waals surface area contributed by atoms with Crippen molar-refractivity contribution >= 4 is 48.0 Å². The van der Waals surface area contributed by atoms with E-state index in [1.807, 2.05) is 31.2 Å². The minimum atomic E-state index is -0.284. The Morgan fingerprint density at radius 2 is 1.32 bits per heavy atom. The summed E-state index contributed by atoms with van der Waals surface area (Å²) in [7, 11) is 0. The second-order valence-electron chi connectivity index (χ2n) is 20.0. The van der Waals surface area contributed by atoms with Gasteiger partial charge in [0.2, 0.25) is 6.08 Å². The Morgan fingerprint density at radius 3 is 1.73 bits per heavy atom. The summed E-state index contributed by atoms with van der Waals surface area (Å²) in [6.45, 7) is 44.0. The third-order valence-corrected chi connectivity index (χ3v) is 12.0. The van der Waals surface area contributed by atoms with Crippen molar-refractivity contribution in [2.75, 3.05) is 82.6 Å². The van der Waals surface area contributed by atoms with E-state index in [0.29, 0.717) is 37.0 Å². The van der Waals surface area contributed by atoms with E-state index in [4.69, 9.17) is 42.0 Å². The lowest BCUT2D eigenvalue weighted by Crippen LogP contribution is -2.23. The lowest BCUT2D eigenvalue weighted by molar-refractivity contribution is -0.139. The van der Waals surface area contributed by atoms with E-state index in [9.17, 15) is 9.59 Å². The number of anilines is 1. The van der Waals surface area contributed by atoms with Crippen LogP contribution in [-0.2, 0) is 28.5 Å². The number of aryl methyl sites for hydroxylation is 1. The van der Waals surface area contributed by atoms with Gasteiger partial charge in [-0.25, -0.2) is 14.6 Å². The predicted molar refractivity (Wildman–Crippen MR) is 367 cm³/mol. The van der Waals surface area contributed by atoms with Gasteiger partial charge >= 0.3 is 5.97 Å². The normalized spacial score (nSPS) is 14.8. The Kier molecular flexibility index (Phi) is 87.5. The molecular formula is C69H130ClN5O6S. The van der Waals surface area contributed by atoms with Gasteiger partial charge in [-0.2, -0.15) is 12.6 Å². The number of alkyl halides is 1. The standard InChI is InChI=1S/C10H15N.C9H16O.C9H10.C8H14O2.C7H14O2.C6H16N2.C5H9NO.C4H9Cl.C4H11N.C4H10S.C3H6/c1-2-3-9-11-10-7-5-4-6-8-10;1-2-3-7-4-5-8-9(6-7)10-8;1-3-9-6-4-8(2)5-7-9;1-4-5-6-10-8(9)7(2)3;1-2-3-4-8-5-7-6-9-7;1-2-3-5-8-6-4-7;1-2-3-4-6-5-7;3*1-2-3-4-5;1-3-2/h4-8,11H,2-3,9H2,1H3;7-9H,2-6H2,1H3;3-7H,1H2,2H3;2,4-6H2,1,3H3;7H,2-6H2,1H3;8H,2-7H2,1H3;2-4H2,1H3;2-4H2,1H3;2-5H2,1H3;5H,2-4H2,1H3;3H,1H2,2H3. The molecule has 5 rings (SSSR count). The summed E-state index contributed by atoms with van der Waals surface area (Å²) in [5, 5.41) is 6.56. The summed E-state index contributed by atoms with van der Waals surface area (Å²) in [4.78, 5) is 23.4. The van der Waals surface area contributed by atoms with Crippen LogP contribution < -0.4 is 22.1 Å². The highest BCUT2D eigenvalue weighted by atomic mass is 35.5. The molecule has 0 radical (unpaired) electrons. The minimum Gasteiger partial charge on any atom is -0.462 e. The first kappa shape index (κ1) is 89.9. The summed E-state index contributed by atoms with van der Waals surface area (Å²) in [5.41, 5.74) is 14.6. The summed E-state index contributed by atoms with van der Waals surface area (Å²) < 4.78 is 20.5. The first-order valence-electron chi connectivity index (χ1n) is 31.8. The maximum absolute atomic E-state index is 10.7. The smallest absolute Gasteiger partial charge is 0.333 e. The molecule has 4 atom stereocenters. The zero-order valence-corrected chi connectivity index (χ0v) is 56.6. The van der Waals surface area contributed by atoms with Gasteiger partial charge in [-0.1, -0.05) is 200 Å². The molecule has 2 aromatic carbocycles. The molecule has 0 spiro atoms. The number of benzene rings is 2. The molecule has 3 aliphatic rings. The van der Waals surface area contributed by atoms with Gasteiger partial charge in [-0.3, -0.25) is 0 Å². The van der Waals surface area contributed by atoms with Crippen LogP contribution in [0.1, 0.15) is 222 Å². The van der Waals surface area contributed by atoms with Crippen molar-refractivity contribution in [1.82, 2.24) is 5.32 Å². The number of carbonyl (C=O) groups excluding carboxylic acids is 2. The lowest BCUT2D eigenvalue weighted by Gasteiger charge is -2.17. The van der Waals surface area contributed by atoms with Gasteiger partial charge < -0.3 is 41.0 Å². The van der Waals surface area contributed by atoms with Gasteiger partial charge in [-0.05, 0) is 134 Å². The molecule has 82 heavy (non-hydrogen) atoms. The number of thiol groups is 1. The fourth-order valence-corrected chi connectivity index (χ4v) is 6.77. The van der Waals surface area contributed by atoms with Crippen LogP contribution in [0.2, 0.25) is 0 Å². The number of esters is 1. The van der Waals surface area contributed by atoms with Crippen molar-refractivity contribution in [2.24, 2.45) is 22.4 Å². The maximum atomic E-state index is 10.7. The summed E-state index contributed by atoms with van der Waals surface area (Å²) in [6, 6.07) is 18.6. The van der Waals surface area contributed by atoms with Crippen LogP contribution in [-0.4, -0.2) is 108 Å². The molecule has 11 nitrogen and oxygen atoms in total. The second kappa shape index (κ2) is 79.8. The van der Waals surface area contributed by atoms with Crippen molar-refractivity contribution < 1.29 is 28.5 Å². The van der Waals surface area contributed by atoms with Crippen molar-refractivity contribution in [1.29, 1.82) is 0 Å². The van der Waals surface area contributed by atoms with Crippen molar-refractivity contribution in [3.63, 3.8) is 0 Å². The number of nitrogens with zero attached hydrogens (tertiary/aromatic N) is 1. The number of ether oxygens (including phenoxy) is 4. The number of hydrogen-bond acceptors (Lipinski definition) is 12. The van der Waals surface area contributed by atoms with Crippen LogP contribution in [0.15, 0.2) is 91.0 Å². The summed E-state index contributed by atoms with van der Waals surface area (Å²) in [5.74, 6) is 2.56. The van der Waals surface area contributed by atoms with Gasteiger partial charge in [-0.15, -0.1) is 18.2 Å². The van der Waals surface area contributed by atoms with Crippen molar-refractivity contribution in [3.05, 3.63) is 97.1 Å². The number of allylic oxidation sites excluding steroid dienone is 1. The lowest BCUT2D eigenvalue weighted by atomic mass is 9.86. The molecule has 4 unspecified atom stereocenters. The van der Waals surface area contributed by atoms with E-state index in [1.165, 1.54) is 126 Å². The van der Waals surface area contributed by atoms with Crippen molar-refractivity contribution in [2.45, 2.75) is 236 Å². The highest BCUT2D eigenvalue weighted by molar-refractivity contribution is 7.80. The van der Waals surface area contributed by atoms with Crippen LogP contribution in [0.4, 0.5) is 5.69 Å². The Balaban J connectivity index is -0.000000197. The summed E-state index contributed by atoms with van der Waals surface area (Å²) >= 11 is 9.30. The Morgan fingerprint density at radius 1 is 0.756 bits per heavy atom. The van der Waals surface area contributed by atoms with E-state index in [0.717, 1.165) is 102 Å². The average Bonchev–Trinajstić information content (AvgIpc) is 4.45. The molecule has 2 aromatic rings. The van der Waals surface area contributed by atoms with E-state index in [1.54, 1.807) is 13.0 Å². The Hall–Kier alpha value is -3.29. The number of rotatable bonds is 30. The molecule has 13 heteroatoms. The quantitative estimate of drug-likeness (QED) is 0.00585. The SMILES string of the molecule is C=C(C)C(=O)OCCCC.C=CC.C=Cc1ccc(C)cc1.CCCC1CCC2OC2C1.CCCCCl.CCCCN.CCCCN=C=O.CCCCNCCN.CCCCNc1ccccc1.CCCCOCC1CO1.CCCCS. The highest BCUT2D eigenvalue weighted by Gasteiger charge is 2.43. The van der Waals surface area contributed by atoms with E-state index in [2.05, 4.69) is 154 Å². The van der Waals surface area contributed by atoms with Gasteiger partial charge in [0.1, 0.15) is 6.10 Å². The summed E-state index contributed by atoms with van der Waals surface area (Å²) in [6.07, 6.45) is 32.5. The number of nitrogens with two attached hydrogens (primary N) is 2. The molecule has 1 saturated carbocycles. The number of carbonyl (C=O) groups is 1. The Bertz CT molecular complexity index is 1570. The molecule has 480 valence electrons. The molecule has 2 heterocycles. The van der Waals surface area contributed by atoms with Crippen LogP contribution in [0.5, 0.6) is 0 Å². The van der Waals surface area contributed by atoms with Gasteiger partial charge in [0.05, 0.1) is 38.6 Å². The third-order valence-electron chi connectivity index (χ3n) is 11.5. The number of fused-ring (bicyclic) bond motifs is 1. The number of nitrogens with one attached hydrogen (secondary N) is 2. The molecule has 0 bridgehead atoms. The molecule has 2 saturated heterocycles. The minimum absolute atomic E-state index is 0.284. The van der Waals surface area contributed by atoms with Crippen LogP contribution >= 0.6 is 24.2 Å². The van der Waals surface area contributed by atoms with E-state index < -0.39 is 0 Å². The van der Waals surface area contributed by atoms with Gasteiger partial charge in [0, 0.05) is 43.4 Å². The number of para-hydroxylation sites is 1.